The van der Waals surface area contributed by atoms with Crippen LogP contribution in [0, 0.1) is 5.92 Å². The fraction of sp³-hybridized carbons (Fsp3) is 0.889. The van der Waals surface area contributed by atoms with Crippen molar-refractivity contribution in [3.63, 3.8) is 0 Å². The number of amides is 1. The van der Waals surface area contributed by atoms with E-state index in [2.05, 4.69) is 5.32 Å². The Morgan fingerprint density at radius 2 is 1.89 bits per heavy atom. The van der Waals surface area contributed by atoms with E-state index < -0.39 is 53.3 Å². The molecule has 158 valence electrons. The largest absolute Gasteiger partial charge is 0.456 e. The number of rotatable bonds is 4. The van der Waals surface area contributed by atoms with E-state index in [1.807, 2.05) is 27.7 Å². The number of nitrogens with one attached hydrogen (secondary N) is 1. The Morgan fingerprint density at radius 1 is 1.30 bits per heavy atom. The van der Waals surface area contributed by atoms with E-state index in [9.17, 15) is 24.9 Å². The maximum absolute atomic E-state index is 12.1. The second-order valence-electron chi connectivity index (χ2n) is 6.69. The minimum absolute atomic E-state index is 0.202. The monoisotopic (exact) mass is 408 g/mol. The summed E-state index contributed by atoms with van der Waals surface area (Å²) in [6, 6.07) is 0. The van der Waals surface area contributed by atoms with E-state index in [0.29, 0.717) is 19.3 Å². The van der Waals surface area contributed by atoms with Crippen LogP contribution in [0.15, 0.2) is 0 Å². The van der Waals surface area contributed by atoms with Gasteiger partial charge in [-0.25, -0.2) is 4.79 Å². The van der Waals surface area contributed by atoms with Gasteiger partial charge >= 0.3 is 5.97 Å². The molecule has 1 amide bonds. The first-order chi connectivity index (χ1) is 12.8. The van der Waals surface area contributed by atoms with Crippen molar-refractivity contribution in [1.29, 1.82) is 0 Å². The lowest BCUT2D eigenvalue weighted by atomic mass is 9.65. The first-order valence-electron chi connectivity index (χ1n) is 9.71. The van der Waals surface area contributed by atoms with Gasteiger partial charge < -0.3 is 31.1 Å². The van der Waals surface area contributed by atoms with Gasteiger partial charge in [-0.1, -0.05) is 27.7 Å². The molecule has 27 heavy (non-hydrogen) atoms. The molecule has 0 aromatic rings. The fourth-order valence-corrected chi connectivity index (χ4v) is 4.29. The molecule has 1 aliphatic carbocycles. The predicted octanol–water partition coefficient (Wildman–Crippen LogP) is 0.0420. The van der Waals surface area contributed by atoms with Crippen molar-refractivity contribution < 1.29 is 29.6 Å². The van der Waals surface area contributed by atoms with Crippen LogP contribution in [0.5, 0.6) is 0 Å². The van der Waals surface area contributed by atoms with Crippen LogP contribution in [0.25, 0.3) is 0 Å². The van der Waals surface area contributed by atoms with Crippen LogP contribution in [0.4, 0.5) is 0 Å². The molecule has 3 rings (SSSR count). The van der Waals surface area contributed by atoms with Gasteiger partial charge in [0, 0.05) is 5.88 Å². The van der Waals surface area contributed by atoms with Crippen LogP contribution in [0.2, 0.25) is 0 Å². The number of hydrogen-bond acceptors (Lipinski definition) is 7. The molecule has 0 radical (unpaired) electrons. The summed E-state index contributed by atoms with van der Waals surface area (Å²) in [5.41, 5.74) is 2.89. The molecule has 2 heterocycles. The van der Waals surface area contributed by atoms with Crippen LogP contribution in [0.1, 0.15) is 53.4 Å². The summed E-state index contributed by atoms with van der Waals surface area (Å²) in [4.78, 5) is 24.3. The number of aliphatic hydroxyl groups excluding tert-OH is 3. The number of fused-ring (bicyclic) bond motifs is 1. The van der Waals surface area contributed by atoms with E-state index in [1.165, 1.54) is 0 Å². The number of carbonyl (C=O) groups excluding carboxylic acids is 2. The van der Waals surface area contributed by atoms with E-state index in [1.54, 1.807) is 0 Å². The van der Waals surface area contributed by atoms with Gasteiger partial charge in [-0.3, -0.25) is 4.79 Å². The van der Waals surface area contributed by atoms with E-state index in [0.717, 1.165) is 0 Å². The zero-order valence-electron chi connectivity index (χ0n) is 16.4. The molecule has 0 bridgehead atoms. The number of ether oxygens (including phenoxy) is 1. The third-order valence-corrected chi connectivity index (χ3v) is 5.66. The quantitative estimate of drug-likeness (QED) is 0.326. The van der Waals surface area contributed by atoms with E-state index >= 15 is 0 Å². The molecule has 7 atom stereocenters. The SMILES string of the molecule is CC.CC.N[C@]1(C(O)[C@@]23NC(=O)[C@H](CCCl)[C@@H]2OC3=O)CCCC(O)[C@H]1O. The standard InChI is InChI=1S/C14H21ClN2O6.2C2H6/c15-5-3-6-9-14(12(22)23-9,17-10(6)20)11(21)13(16)4-1-2-7(18)8(13)19;2*1-2/h6-9,11,18-19,21H,1-5,16H2,(H,17,20);2*1-2H3/t6-,7?,8-,9+,11?,13-,14+;;/m1../s1. The highest BCUT2D eigenvalue weighted by Gasteiger charge is 2.74. The Hall–Kier alpha value is -0.930. The van der Waals surface area contributed by atoms with Gasteiger partial charge in [0.1, 0.15) is 12.2 Å². The molecule has 0 aromatic carbocycles. The number of halogens is 1. The van der Waals surface area contributed by atoms with Crippen molar-refractivity contribution in [3.05, 3.63) is 0 Å². The highest BCUT2D eigenvalue weighted by atomic mass is 35.5. The average Bonchev–Trinajstić information content (AvgIpc) is 2.90. The summed E-state index contributed by atoms with van der Waals surface area (Å²) in [5.74, 6) is -1.67. The molecule has 8 nitrogen and oxygen atoms in total. The Bertz CT molecular complexity index is 536. The van der Waals surface area contributed by atoms with Crippen molar-refractivity contribution in [2.45, 2.75) is 88.9 Å². The lowest BCUT2D eigenvalue weighted by molar-refractivity contribution is -0.217. The average molecular weight is 409 g/mol. The summed E-state index contributed by atoms with van der Waals surface area (Å²) in [6.07, 6.45) is -3.59. The molecule has 3 aliphatic rings. The molecule has 0 spiro atoms. The summed E-state index contributed by atoms with van der Waals surface area (Å²) in [7, 11) is 0. The van der Waals surface area contributed by atoms with Crippen molar-refractivity contribution in [1.82, 2.24) is 5.32 Å². The lowest BCUT2D eigenvalue weighted by Crippen LogP contribution is -2.81. The van der Waals surface area contributed by atoms with Crippen LogP contribution in [-0.2, 0) is 14.3 Å². The van der Waals surface area contributed by atoms with Crippen LogP contribution >= 0.6 is 11.6 Å². The Labute approximate surface area is 165 Å². The van der Waals surface area contributed by atoms with E-state index in [4.69, 9.17) is 22.1 Å². The normalized spacial score (nSPS) is 40.8. The third kappa shape index (κ3) is 3.70. The number of hydrogen-bond donors (Lipinski definition) is 5. The molecule has 3 fully saturated rings. The number of esters is 1. The molecule has 2 saturated heterocycles. The first kappa shape index (κ1) is 24.1. The maximum Gasteiger partial charge on any atom is 0.339 e. The molecule has 9 heteroatoms. The Morgan fingerprint density at radius 3 is 2.41 bits per heavy atom. The topological polar surface area (TPSA) is 142 Å². The minimum atomic E-state index is -1.68. The summed E-state index contributed by atoms with van der Waals surface area (Å²) >= 11 is 5.68. The third-order valence-electron chi connectivity index (χ3n) is 5.44. The van der Waals surface area contributed by atoms with Gasteiger partial charge in [-0.05, 0) is 25.7 Å². The molecule has 2 aliphatic heterocycles. The molecule has 1 saturated carbocycles. The van der Waals surface area contributed by atoms with Crippen LogP contribution in [-0.4, -0.2) is 68.6 Å². The highest BCUT2D eigenvalue weighted by molar-refractivity contribution is 6.18. The van der Waals surface area contributed by atoms with Gasteiger partial charge in [0.25, 0.3) is 0 Å². The predicted molar refractivity (Wildman–Crippen MR) is 101 cm³/mol. The molecular weight excluding hydrogens is 376 g/mol. The molecule has 2 unspecified atom stereocenters. The summed E-state index contributed by atoms with van der Waals surface area (Å²) in [6.45, 7) is 8.00. The molecule has 0 aromatic heterocycles. The number of nitrogens with two attached hydrogens (primary N) is 1. The van der Waals surface area contributed by atoms with Gasteiger partial charge in [0.05, 0.1) is 17.6 Å². The van der Waals surface area contributed by atoms with Gasteiger partial charge in [-0.15, -0.1) is 11.6 Å². The van der Waals surface area contributed by atoms with Crippen molar-refractivity contribution in [2.24, 2.45) is 11.7 Å². The van der Waals surface area contributed by atoms with Crippen LogP contribution in [0.3, 0.4) is 0 Å². The van der Waals surface area contributed by atoms with Gasteiger partial charge in [0.15, 0.2) is 6.10 Å². The number of alkyl halides is 1. The van der Waals surface area contributed by atoms with Gasteiger partial charge in [-0.2, -0.15) is 0 Å². The number of aliphatic hydroxyl groups is 3. The Balaban J connectivity index is 0.000000855. The smallest absolute Gasteiger partial charge is 0.339 e. The van der Waals surface area contributed by atoms with Crippen molar-refractivity contribution in [3.8, 4) is 0 Å². The maximum atomic E-state index is 12.1. The second-order valence-corrected chi connectivity index (χ2v) is 7.07. The zero-order valence-corrected chi connectivity index (χ0v) is 17.2. The summed E-state index contributed by atoms with van der Waals surface area (Å²) in [5, 5.41) is 33.5. The van der Waals surface area contributed by atoms with E-state index in [-0.39, 0.29) is 12.3 Å². The molecule has 6 N–H and O–H groups in total. The molecular formula is C18H33ClN2O6. The van der Waals surface area contributed by atoms with Gasteiger partial charge in [0.2, 0.25) is 11.4 Å². The fourth-order valence-electron chi connectivity index (χ4n) is 4.06. The Kier molecular flexibility index (Phi) is 8.50. The zero-order chi connectivity index (χ0) is 21.0. The van der Waals surface area contributed by atoms with Crippen molar-refractivity contribution >= 4 is 23.5 Å². The lowest BCUT2D eigenvalue weighted by Gasteiger charge is -2.53. The highest BCUT2D eigenvalue weighted by Crippen LogP contribution is 2.46. The minimum Gasteiger partial charge on any atom is -0.456 e. The second kappa shape index (κ2) is 9.52. The van der Waals surface area contributed by atoms with Crippen molar-refractivity contribution in [2.75, 3.05) is 5.88 Å². The first-order valence-corrected chi connectivity index (χ1v) is 10.2. The number of carbonyl (C=O) groups is 2. The summed E-state index contributed by atoms with van der Waals surface area (Å²) < 4.78 is 5.08. The van der Waals surface area contributed by atoms with Crippen LogP contribution < -0.4 is 11.1 Å².